The topological polar surface area (TPSA) is 17.9 Å². The maximum absolute atomic E-state index is 2.53. The third-order valence-corrected chi connectivity index (χ3v) is 11.7. The molecule has 0 bridgehead atoms. The minimum atomic E-state index is -0.608. The molecule has 11 rings (SSSR count). The van der Waals surface area contributed by atoms with Crippen LogP contribution < -0.4 is 19.6 Å². The first-order chi connectivity index (χ1) is 25.6. The van der Waals surface area contributed by atoms with Gasteiger partial charge in [-0.05, 0) is 82.9 Å². The van der Waals surface area contributed by atoms with Crippen molar-refractivity contribution in [1.82, 2.24) is 4.57 Å². The standard InChI is InChI=1S/C47H37N5/c1-48-30-50(44-24-10-8-22-42(44)48)34-17-12-16-33(28-34)47(32-14-4-3-5-15-32)38-20-13-19-37-36-18-6-7-21-40(36)52(46(37)38)41-27-26-35(29-39(41)47)51-31-49(2)43-23-9-11-25-45(43)51/h3-29H,30-31H2,1-2H3. The van der Waals surface area contributed by atoms with Gasteiger partial charge in [0.1, 0.15) is 0 Å². The number of hydrogen-bond donors (Lipinski definition) is 0. The summed E-state index contributed by atoms with van der Waals surface area (Å²) in [5.41, 5.74) is 15.6. The fourth-order valence-electron chi connectivity index (χ4n) is 9.49. The number of aromatic nitrogens is 1. The first-order valence-electron chi connectivity index (χ1n) is 18.1. The van der Waals surface area contributed by atoms with Gasteiger partial charge in [0.15, 0.2) is 0 Å². The Bertz CT molecular complexity index is 2710. The fourth-order valence-corrected chi connectivity index (χ4v) is 9.49. The van der Waals surface area contributed by atoms with E-state index in [9.17, 15) is 0 Å². The molecule has 1 atom stereocenters. The van der Waals surface area contributed by atoms with E-state index in [1.807, 2.05) is 0 Å². The Morgan fingerprint density at radius 2 is 1.00 bits per heavy atom. The highest BCUT2D eigenvalue weighted by Gasteiger charge is 2.46. The summed E-state index contributed by atoms with van der Waals surface area (Å²) in [6.45, 7) is 1.59. The Hall–Kier alpha value is -6.46. The van der Waals surface area contributed by atoms with Gasteiger partial charge in [-0.3, -0.25) is 0 Å². The summed E-state index contributed by atoms with van der Waals surface area (Å²) < 4.78 is 2.53. The van der Waals surface area contributed by atoms with Crippen molar-refractivity contribution in [1.29, 1.82) is 0 Å². The molecule has 1 aromatic heterocycles. The van der Waals surface area contributed by atoms with Gasteiger partial charge in [0, 0.05) is 36.2 Å². The molecular formula is C47H37N5. The lowest BCUT2D eigenvalue weighted by Gasteiger charge is -2.42. The molecule has 0 saturated heterocycles. The number of anilines is 6. The molecule has 0 fully saturated rings. The monoisotopic (exact) mass is 671 g/mol. The lowest BCUT2D eigenvalue weighted by atomic mass is 9.63. The van der Waals surface area contributed by atoms with Crippen molar-refractivity contribution in [2.24, 2.45) is 0 Å². The van der Waals surface area contributed by atoms with E-state index >= 15 is 0 Å². The zero-order valence-corrected chi connectivity index (χ0v) is 29.2. The third-order valence-electron chi connectivity index (χ3n) is 11.7. The molecule has 0 amide bonds. The Morgan fingerprint density at radius 1 is 0.423 bits per heavy atom. The molecule has 0 spiro atoms. The quantitative estimate of drug-likeness (QED) is 0.185. The predicted molar refractivity (Wildman–Crippen MR) is 216 cm³/mol. The van der Waals surface area contributed by atoms with Crippen LogP contribution in [0.1, 0.15) is 22.3 Å². The van der Waals surface area contributed by atoms with Crippen molar-refractivity contribution >= 4 is 55.9 Å². The average molecular weight is 672 g/mol. The van der Waals surface area contributed by atoms with Crippen LogP contribution >= 0.6 is 0 Å². The second-order valence-electron chi connectivity index (χ2n) is 14.4. The number of nitrogens with zero attached hydrogens (tertiary/aromatic N) is 5. The molecule has 7 aromatic carbocycles. The van der Waals surface area contributed by atoms with Gasteiger partial charge < -0.3 is 24.2 Å². The molecule has 1 unspecified atom stereocenters. The molecule has 250 valence electrons. The summed E-state index contributed by atoms with van der Waals surface area (Å²) in [4.78, 5) is 9.59. The molecule has 0 saturated carbocycles. The molecule has 0 radical (unpaired) electrons. The predicted octanol–water partition coefficient (Wildman–Crippen LogP) is 10.6. The Morgan fingerprint density at radius 3 is 1.73 bits per heavy atom. The van der Waals surface area contributed by atoms with Crippen LogP contribution in [0.15, 0.2) is 164 Å². The summed E-state index contributed by atoms with van der Waals surface area (Å²) in [7, 11) is 4.37. The van der Waals surface area contributed by atoms with E-state index in [1.54, 1.807) is 0 Å². The number of rotatable bonds is 4. The SMILES string of the molecule is CN1CN(c2cccc(C3(c4ccccc4)c4cc(N5CN(C)c6ccccc65)ccc4-n4c5ccccc5c5cccc3c54)c2)c2ccccc21. The first kappa shape index (κ1) is 29.3. The van der Waals surface area contributed by atoms with Crippen molar-refractivity contribution in [3.05, 3.63) is 186 Å². The summed E-state index contributed by atoms with van der Waals surface area (Å²) in [6, 6.07) is 61.1. The minimum Gasteiger partial charge on any atom is -0.355 e. The van der Waals surface area contributed by atoms with Crippen LogP contribution in [0.2, 0.25) is 0 Å². The highest BCUT2D eigenvalue weighted by molar-refractivity contribution is 6.12. The molecular weight excluding hydrogens is 635 g/mol. The maximum Gasteiger partial charge on any atom is 0.0950 e. The van der Waals surface area contributed by atoms with E-state index in [2.05, 4.69) is 202 Å². The molecule has 5 heteroatoms. The van der Waals surface area contributed by atoms with Crippen molar-refractivity contribution in [2.45, 2.75) is 5.41 Å². The molecule has 0 aliphatic carbocycles. The van der Waals surface area contributed by atoms with Crippen molar-refractivity contribution in [2.75, 3.05) is 47.0 Å². The Balaban J connectivity index is 1.25. The molecule has 4 heterocycles. The number of hydrogen-bond acceptors (Lipinski definition) is 4. The second-order valence-corrected chi connectivity index (χ2v) is 14.4. The first-order valence-corrected chi connectivity index (χ1v) is 18.1. The van der Waals surface area contributed by atoms with Gasteiger partial charge in [0.05, 0.1) is 58.2 Å². The van der Waals surface area contributed by atoms with Gasteiger partial charge in [-0.2, -0.15) is 0 Å². The molecule has 52 heavy (non-hydrogen) atoms. The summed E-state index contributed by atoms with van der Waals surface area (Å²) in [5.74, 6) is 0. The lowest BCUT2D eigenvalue weighted by molar-refractivity contribution is 0.726. The van der Waals surface area contributed by atoms with Gasteiger partial charge in [0.25, 0.3) is 0 Å². The zero-order valence-electron chi connectivity index (χ0n) is 29.2. The third kappa shape index (κ3) is 3.82. The number of benzene rings is 7. The normalized spacial score (nSPS) is 17.2. The van der Waals surface area contributed by atoms with Crippen LogP contribution in [0.25, 0.3) is 27.5 Å². The Labute approximate surface area is 303 Å². The van der Waals surface area contributed by atoms with Crippen molar-refractivity contribution < 1.29 is 0 Å². The zero-order chi connectivity index (χ0) is 34.6. The van der Waals surface area contributed by atoms with Crippen LogP contribution in [0, 0.1) is 0 Å². The number of para-hydroxylation sites is 6. The van der Waals surface area contributed by atoms with E-state index < -0.39 is 5.41 Å². The van der Waals surface area contributed by atoms with Gasteiger partial charge in [-0.15, -0.1) is 0 Å². The molecule has 0 N–H and O–H groups in total. The van der Waals surface area contributed by atoms with Crippen LogP contribution in [0.5, 0.6) is 0 Å². The lowest BCUT2D eigenvalue weighted by Crippen LogP contribution is -2.36. The van der Waals surface area contributed by atoms with E-state index in [4.69, 9.17) is 0 Å². The van der Waals surface area contributed by atoms with E-state index in [0.29, 0.717) is 0 Å². The van der Waals surface area contributed by atoms with Crippen LogP contribution in [0.4, 0.5) is 34.1 Å². The highest BCUT2D eigenvalue weighted by atomic mass is 15.4. The maximum atomic E-state index is 2.53. The summed E-state index contributed by atoms with van der Waals surface area (Å²) in [6.07, 6.45) is 0. The summed E-state index contributed by atoms with van der Waals surface area (Å²) in [5, 5.41) is 2.56. The smallest absolute Gasteiger partial charge is 0.0950 e. The highest BCUT2D eigenvalue weighted by Crippen LogP contribution is 2.56. The number of fused-ring (bicyclic) bond motifs is 7. The van der Waals surface area contributed by atoms with Crippen LogP contribution in [0.3, 0.4) is 0 Å². The largest absolute Gasteiger partial charge is 0.355 e. The van der Waals surface area contributed by atoms with Crippen LogP contribution in [-0.4, -0.2) is 32.0 Å². The average Bonchev–Trinajstić information content (AvgIpc) is 3.85. The van der Waals surface area contributed by atoms with Crippen molar-refractivity contribution in [3.8, 4) is 5.69 Å². The van der Waals surface area contributed by atoms with Gasteiger partial charge >= 0.3 is 0 Å². The molecule has 3 aliphatic heterocycles. The van der Waals surface area contributed by atoms with E-state index in [1.165, 1.54) is 83.9 Å². The van der Waals surface area contributed by atoms with Gasteiger partial charge in [-0.25, -0.2) is 0 Å². The van der Waals surface area contributed by atoms with E-state index in [0.717, 1.165) is 13.3 Å². The van der Waals surface area contributed by atoms with Gasteiger partial charge in [-0.1, -0.05) is 103 Å². The molecule has 5 nitrogen and oxygen atoms in total. The second kappa shape index (κ2) is 10.8. The fraction of sp³-hybridized carbons (Fsp3) is 0.106. The Kier molecular flexibility index (Phi) is 6.07. The van der Waals surface area contributed by atoms with Crippen molar-refractivity contribution in [3.63, 3.8) is 0 Å². The van der Waals surface area contributed by atoms with Crippen LogP contribution in [-0.2, 0) is 5.41 Å². The minimum absolute atomic E-state index is 0.608. The molecule has 3 aliphatic rings. The van der Waals surface area contributed by atoms with E-state index in [-0.39, 0.29) is 0 Å². The summed E-state index contributed by atoms with van der Waals surface area (Å²) >= 11 is 0. The molecule has 8 aromatic rings. The van der Waals surface area contributed by atoms with Gasteiger partial charge in [0.2, 0.25) is 0 Å².